The Bertz CT molecular complexity index is 998. The number of carbonyl (C=O) groups excluding carboxylic acids is 2. The monoisotopic (exact) mass is 411 g/mol. The molecule has 0 unspecified atom stereocenters. The number of para-hydroxylation sites is 1. The highest BCUT2D eigenvalue weighted by Gasteiger charge is 2.15. The van der Waals surface area contributed by atoms with E-state index in [1.54, 1.807) is 24.3 Å². The van der Waals surface area contributed by atoms with E-state index in [-0.39, 0.29) is 12.4 Å². The minimum absolute atomic E-state index is 0.0134. The van der Waals surface area contributed by atoms with Gasteiger partial charge in [0.05, 0.1) is 14.2 Å². The summed E-state index contributed by atoms with van der Waals surface area (Å²) < 4.78 is 26.3. The van der Waals surface area contributed by atoms with Crippen molar-refractivity contribution in [1.29, 1.82) is 0 Å². The van der Waals surface area contributed by atoms with Crippen LogP contribution in [0, 0.1) is 0 Å². The van der Waals surface area contributed by atoms with Crippen LogP contribution in [0.5, 0.6) is 17.2 Å². The van der Waals surface area contributed by atoms with Gasteiger partial charge in [-0.2, -0.15) is 0 Å². The molecule has 8 heteroatoms. The fourth-order valence-electron chi connectivity index (χ4n) is 2.55. The fraction of sp³-hybridized carbons (Fsp3) is 0.182. The fourth-order valence-corrected chi connectivity index (χ4v) is 2.55. The van der Waals surface area contributed by atoms with E-state index in [9.17, 15) is 9.59 Å². The number of furan rings is 1. The van der Waals surface area contributed by atoms with Gasteiger partial charge in [0.25, 0.3) is 5.91 Å². The predicted octanol–water partition coefficient (Wildman–Crippen LogP) is 3.67. The van der Waals surface area contributed by atoms with Crippen molar-refractivity contribution >= 4 is 17.6 Å². The van der Waals surface area contributed by atoms with Gasteiger partial charge in [-0.15, -0.1) is 0 Å². The quantitative estimate of drug-likeness (QED) is 0.537. The molecule has 0 spiro atoms. The Morgan fingerprint density at radius 3 is 2.43 bits per heavy atom. The average molecular weight is 411 g/mol. The zero-order valence-corrected chi connectivity index (χ0v) is 16.5. The third kappa shape index (κ3) is 5.54. The largest absolute Gasteiger partial charge is 0.493 e. The summed E-state index contributed by atoms with van der Waals surface area (Å²) in [7, 11) is 3.01. The number of carbonyl (C=O) groups is 2. The van der Waals surface area contributed by atoms with Crippen molar-refractivity contribution in [3.05, 3.63) is 72.2 Å². The van der Waals surface area contributed by atoms with Crippen molar-refractivity contribution in [1.82, 2.24) is 0 Å². The summed E-state index contributed by atoms with van der Waals surface area (Å²) in [5.74, 6) is 0.879. The second-order valence-corrected chi connectivity index (χ2v) is 6.06. The Hall–Kier alpha value is -3.94. The van der Waals surface area contributed by atoms with Crippen molar-refractivity contribution in [2.24, 2.45) is 0 Å². The second kappa shape index (κ2) is 10.0. The third-order valence-corrected chi connectivity index (χ3v) is 3.99. The summed E-state index contributed by atoms with van der Waals surface area (Å²) in [5, 5.41) is 2.62. The molecule has 0 aliphatic rings. The molecular weight excluding hydrogens is 390 g/mol. The van der Waals surface area contributed by atoms with Crippen LogP contribution < -0.4 is 19.5 Å². The third-order valence-electron chi connectivity index (χ3n) is 3.99. The Morgan fingerprint density at radius 1 is 0.933 bits per heavy atom. The Kier molecular flexibility index (Phi) is 6.94. The SMILES string of the molecule is COc1ccc(NC(=O)COC(=O)c2ccc(COc3ccccc3)o2)cc1OC. The number of nitrogens with one attached hydrogen (secondary N) is 1. The summed E-state index contributed by atoms with van der Waals surface area (Å²) in [6.45, 7) is -0.305. The van der Waals surface area contributed by atoms with Crippen LogP contribution >= 0.6 is 0 Å². The van der Waals surface area contributed by atoms with Gasteiger partial charge in [0, 0.05) is 11.8 Å². The van der Waals surface area contributed by atoms with Gasteiger partial charge < -0.3 is 28.7 Å². The van der Waals surface area contributed by atoms with Crippen molar-refractivity contribution < 1.29 is 33.0 Å². The van der Waals surface area contributed by atoms with Crippen LogP contribution in [0.1, 0.15) is 16.3 Å². The van der Waals surface area contributed by atoms with E-state index in [0.717, 1.165) is 0 Å². The molecule has 0 bridgehead atoms. The molecule has 1 amide bonds. The maximum atomic E-state index is 12.1. The van der Waals surface area contributed by atoms with Crippen LogP contribution in [0.4, 0.5) is 5.69 Å². The van der Waals surface area contributed by atoms with Gasteiger partial charge in [0.1, 0.15) is 18.1 Å². The molecule has 0 saturated heterocycles. The molecule has 1 N–H and O–H groups in total. The molecule has 30 heavy (non-hydrogen) atoms. The van der Waals surface area contributed by atoms with Crippen LogP contribution in [-0.4, -0.2) is 32.7 Å². The maximum absolute atomic E-state index is 12.1. The van der Waals surface area contributed by atoms with E-state index in [0.29, 0.717) is 28.7 Å². The van der Waals surface area contributed by atoms with E-state index in [4.69, 9.17) is 23.4 Å². The molecule has 2 aromatic carbocycles. The molecule has 0 saturated carbocycles. The first kappa shape index (κ1) is 20.8. The van der Waals surface area contributed by atoms with Crippen LogP contribution in [0.2, 0.25) is 0 Å². The first-order chi connectivity index (χ1) is 14.6. The Labute approximate surface area is 173 Å². The van der Waals surface area contributed by atoms with Crippen LogP contribution in [0.25, 0.3) is 0 Å². The number of ether oxygens (including phenoxy) is 4. The molecule has 0 aliphatic heterocycles. The summed E-state index contributed by atoms with van der Waals surface area (Å²) in [5.41, 5.74) is 0.479. The number of hydrogen-bond acceptors (Lipinski definition) is 7. The van der Waals surface area contributed by atoms with Gasteiger partial charge in [-0.1, -0.05) is 18.2 Å². The summed E-state index contributed by atoms with van der Waals surface area (Å²) in [6, 6.07) is 17.2. The molecule has 0 fully saturated rings. The number of rotatable bonds is 9. The number of hydrogen-bond donors (Lipinski definition) is 1. The molecule has 0 atom stereocenters. The van der Waals surface area contributed by atoms with Crippen molar-refractivity contribution in [2.75, 3.05) is 26.1 Å². The molecular formula is C22H21NO7. The lowest BCUT2D eigenvalue weighted by Crippen LogP contribution is -2.20. The van der Waals surface area contributed by atoms with Crippen molar-refractivity contribution in [3.8, 4) is 17.2 Å². The number of methoxy groups -OCH3 is 2. The van der Waals surface area contributed by atoms with Gasteiger partial charge in [0.15, 0.2) is 18.1 Å². The van der Waals surface area contributed by atoms with Crippen LogP contribution in [-0.2, 0) is 16.1 Å². The van der Waals surface area contributed by atoms with Crippen LogP contribution in [0.3, 0.4) is 0 Å². The lowest BCUT2D eigenvalue weighted by Gasteiger charge is -2.10. The first-order valence-electron chi connectivity index (χ1n) is 9.04. The van der Waals surface area contributed by atoms with Crippen molar-refractivity contribution in [2.45, 2.75) is 6.61 Å². The van der Waals surface area contributed by atoms with Gasteiger partial charge in [-0.25, -0.2) is 4.79 Å². The molecule has 1 heterocycles. The first-order valence-corrected chi connectivity index (χ1v) is 9.04. The summed E-state index contributed by atoms with van der Waals surface area (Å²) in [4.78, 5) is 24.2. The predicted molar refractivity (Wildman–Crippen MR) is 108 cm³/mol. The highest BCUT2D eigenvalue weighted by Crippen LogP contribution is 2.29. The van der Waals surface area contributed by atoms with E-state index in [2.05, 4.69) is 5.32 Å². The van der Waals surface area contributed by atoms with E-state index in [1.165, 1.54) is 20.3 Å². The topological polar surface area (TPSA) is 96.2 Å². The van der Waals surface area contributed by atoms with E-state index >= 15 is 0 Å². The van der Waals surface area contributed by atoms with E-state index in [1.807, 2.05) is 30.3 Å². The zero-order chi connectivity index (χ0) is 21.3. The summed E-state index contributed by atoms with van der Waals surface area (Å²) in [6.07, 6.45) is 0. The molecule has 3 aromatic rings. The number of esters is 1. The zero-order valence-electron chi connectivity index (χ0n) is 16.5. The normalized spacial score (nSPS) is 10.2. The smallest absolute Gasteiger partial charge is 0.374 e. The lowest BCUT2D eigenvalue weighted by molar-refractivity contribution is -0.119. The molecule has 1 aromatic heterocycles. The highest BCUT2D eigenvalue weighted by molar-refractivity contribution is 5.94. The minimum Gasteiger partial charge on any atom is -0.493 e. The summed E-state index contributed by atoms with van der Waals surface area (Å²) >= 11 is 0. The maximum Gasteiger partial charge on any atom is 0.374 e. The number of anilines is 1. The highest BCUT2D eigenvalue weighted by atomic mass is 16.6. The second-order valence-electron chi connectivity index (χ2n) is 6.06. The molecule has 3 rings (SSSR count). The van der Waals surface area contributed by atoms with Gasteiger partial charge in [-0.3, -0.25) is 4.79 Å². The average Bonchev–Trinajstić information content (AvgIpc) is 3.26. The lowest BCUT2D eigenvalue weighted by atomic mass is 10.2. The molecule has 0 radical (unpaired) electrons. The van der Waals surface area contributed by atoms with Gasteiger partial charge >= 0.3 is 5.97 Å². The molecule has 8 nitrogen and oxygen atoms in total. The molecule has 156 valence electrons. The van der Waals surface area contributed by atoms with Gasteiger partial charge in [-0.05, 0) is 36.4 Å². The Morgan fingerprint density at radius 2 is 1.70 bits per heavy atom. The van der Waals surface area contributed by atoms with Gasteiger partial charge in [0.2, 0.25) is 5.76 Å². The van der Waals surface area contributed by atoms with Crippen LogP contribution in [0.15, 0.2) is 65.1 Å². The van der Waals surface area contributed by atoms with E-state index < -0.39 is 18.5 Å². The minimum atomic E-state index is -0.747. The Balaban J connectivity index is 1.48. The number of amides is 1. The van der Waals surface area contributed by atoms with Crippen molar-refractivity contribution in [3.63, 3.8) is 0 Å². The standard InChI is InChI=1S/C22H21NO7/c1-26-18-10-8-15(12-20(18)27-2)23-21(24)14-29-22(25)19-11-9-17(30-19)13-28-16-6-4-3-5-7-16/h3-12H,13-14H2,1-2H3,(H,23,24). The molecule has 0 aliphatic carbocycles. The number of benzene rings is 2.